The van der Waals surface area contributed by atoms with E-state index in [2.05, 4.69) is 25.9 Å². The van der Waals surface area contributed by atoms with Gasteiger partial charge in [0.1, 0.15) is 18.1 Å². The van der Waals surface area contributed by atoms with E-state index in [1.807, 2.05) is 0 Å². The summed E-state index contributed by atoms with van der Waals surface area (Å²) in [7, 11) is 0. The lowest BCUT2D eigenvalue weighted by molar-refractivity contribution is -0.143. The van der Waals surface area contributed by atoms with Crippen LogP contribution in [0.15, 0.2) is 12.5 Å². The second kappa shape index (κ2) is 10.4. The number of aliphatic hydroxyl groups is 1. The van der Waals surface area contributed by atoms with Gasteiger partial charge in [0.15, 0.2) is 0 Å². The van der Waals surface area contributed by atoms with Crippen LogP contribution in [0, 0.1) is 0 Å². The first-order valence-corrected chi connectivity index (χ1v) is 10.4. The first kappa shape index (κ1) is 22.7. The lowest BCUT2D eigenvalue weighted by atomic mass is 10.1. The van der Waals surface area contributed by atoms with Crippen LogP contribution in [0.3, 0.4) is 0 Å². The molecule has 0 aliphatic carbocycles. The molecule has 1 aromatic heterocycles. The van der Waals surface area contributed by atoms with Crippen molar-refractivity contribution in [2.75, 3.05) is 19.7 Å². The zero-order valence-corrected chi connectivity index (χ0v) is 17.0. The molecule has 0 radical (unpaired) electrons. The van der Waals surface area contributed by atoms with Crippen molar-refractivity contribution in [3.05, 3.63) is 18.2 Å². The van der Waals surface area contributed by atoms with Crippen molar-refractivity contribution in [3.63, 3.8) is 0 Å². The van der Waals surface area contributed by atoms with E-state index >= 15 is 0 Å². The second-order valence-electron chi connectivity index (χ2n) is 7.76. The highest BCUT2D eigenvalue weighted by molar-refractivity contribution is 5.94. The molecule has 170 valence electrons. The molecule has 1 aromatic rings. The molecule has 2 saturated heterocycles. The minimum atomic E-state index is -1.33. The predicted molar refractivity (Wildman–Crippen MR) is 107 cm³/mol. The first-order valence-electron chi connectivity index (χ1n) is 10.4. The zero-order valence-electron chi connectivity index (χ0n) is 17.0. The molecular formula is C19H28N6O6. The molecule has 3 rings (SSSR count). The molecule has 2 aliphatic rings. The van der Waals surface area contributed by atoms with Crippen LogP contribution in [0.25, 0.3) is 0 Å². The number of aliphatic hydroxyl groups excluding tert-OH is 1. The van der Waals surface area contributed by atoms with Crippen LogP contribution in [0.4, 0.5) is 0 Å². The smallest absolute Gasteiger partial charge is 0.326 e. The molecular weight excluding hydrogens is 408 g/mol. The van der Waals surface area contributed by atoms with Crippen LogP contribution < -0.4 is 16.0 Å². The van der Waals surface area contributed by atoms with E-state index < -0.39 is 42.5 Å². The number of aromatic amines is 1. The van der Waals surface area contributed by atoms with E-state index in [0.717, 1.165) is 19.4 Å². The van der Waals surface area contributed by atoms with Crippen molar-refractivity contribution in [3.8, 4) is 0 Å². The van der Waals surface area contributed by atoms with Crippen LogP contribution in [0.5, 0.6) is 0 Å². The minimum absolute atomic E-state index is 0.0353. The average Bonchev–Trinajstić information content (AvgIpc) is 3.52. The standard InChI is InChI=1S/C19H28N6O6/c26-9-14(16(27)23-13(19(30)31)7-11-8-20-10-22-11)24-17(28)15-4-2-6-25(15)18(29)12-3-1-5-21-12/h8,10,12-15,21,26H,1-7,9H2,(H,20,22)(H,23,27)(H,24,28)(H,30,31). The van der Waals surface area contributed by atoms with Gasteiger partial charge in [-0.2, -0.15) is 0 Å². The molecule has 12 heteroatoms. The third-order valence-corrected chi connectivity index (χ3v) is 5.61. The van der Waals surface area contributed by atoms with Gasteiger partial charge in [-0.1, -0.05) is 0 Å². The number of nitrogens with one attached hydrogen (secondary N) is 4. The van der Waals surface area contributed by atoms with E-state index in [1.54, 1.807) is 0 Å². The van der Waals surface area contributed by atoms with Crippen molar-refractivity contribution in [2.24, 2.45) is 0 Å². The van der Waals surface area contributed by atoms with Gasteiger partial charge in [0, 0.05) is 24.9 Å². The molecule has 2 aliphatic heterocycles. The van der Waals surface area contributed by atoms with Gasteiger partial charge < -0.3 is 36.0 Å². The summed E-state index contributed by atoms with van der Waals surface area (Å²) in [5, 5.41) is 26.9. The highest BCUT2D eigenvalue weighted by Gasteiger charge is 2.39. The zero-order chi connectivity index (χ0) is 22.4. The SMILES string of the molecule is O=C(O)C(Cc1cnc[nH]1)NC(=O)C(CO)NC(=O)C1CCCN1C(=O)C1CCCN1. The molecule has 0 saturated carbocycles. The van der Waals surface area contributed by atoms with Gasteiger partial charge in [0.05, 0.1) is 19.0 Å². The molecule has 0 bridgehead atoms. The number of aromatic nitrogens is 2. The van der Waals surface area contributed by atoms with E-state index in [-0.39, 0.29) is 18.4 Å². The number of carboxylic acids is 1. The highest BCUT2D eigenvalue weighted by atomic mass is 16.4. The summed E-state index contributed by atoms with van der Waals surface area (Å²) in [5.41, 5.74) is 0.512. The predicted octanol–water partition coefficient (Wildman–Crippen LogP) is -2.26. The largest absolute Gasteiger partial charge is 0.480 e. The minimum Gasteiger partial charge on any atom is -0.480 e. The van der Waals surface area contributed by atoms with Crippen molar-refractivity contribution in [2.45, 2.75) is 56.3 Å². The normalized spacial score (nSPS) is 22.7. The van der Waals surface area contributed by atoms with Crippen LogP contribution in [-0.2, 0) is 25.6 Å². The molecule has 0 spiro atoms. The molecule has 6 N–H and O–H groups in total. The quantitative estimate of drug-likeness (QED) is 0.251. The maximum absolute atomic E-state index is 12.8. The van der Waals surface area contributed by atoms with E-state index in [9.17, 15) is 29.4 Å². The van der Waals surface area contributed by atoms with Crippen molar-refractivity contribution in [1.82, 2.24) is 30.8 Å². The van der Waals surface area contributed by atoms with E-state index in [4.69, 9.17) is 0 Å². The average molecular weight is 436 g/mol. The fourth-order valence-corrected chi connectivity index (χ4v) is 3.95. The Bertz CT molecular complexity index is 794. The van der Waals surface area contributed by atoms with Gasteiger partial charge in [0.25, 0.3) is 0 Å². The molecule has 3 amide bonds. The number of carboxylic acid groups (broad SMARTS) is 1. The summed E-state index contributed by atoms with van der Waals surface area (Å²) < 4.78 is 0. The topological polar surface area (TPSA) is 177 Å². The van der Waals surface area contributed by atoms with E-state index in [1.165, 1.54) is 17.4 Å². The first-order chi connectivity index (χ1) is 14.9. The Hall–Kier alpha value is -2.99. The molecule has 12 nitrogen and oxygen atoms in total. The monoisotopic (exact) mass is 436 g/mol. The Morgan fingerprint density at radius 1 is 1.19 bits per heavy atom. The number of hydrogen-bond acceptors (Lipinski definition) is 7. The maximum Gasteiger partial charge on any atom is 0.326 e. The summed E-state index contributed by atoms with van der Waals surface area (Å²) >= 11 is 0. The number of hydrogen-bond donors (Lipinski definition) is 6. The lowest BCUT2D eigenvalue weighted by Crippen LogP contribution is -2.57. The van der Waals surface area contributed by atoms with Crippen LogP contribution in [0.2, 0.25) is 0 Å². The fraction of sp³-hybridized carbons (Fsp3) is 0.632. The van der Waals surface area contributed by atoms with Crippen LogP contribution >= 0.6 is 0 Å². The molecule has 3 heterocycles. The number of imidazole rings is 1. The Morgan fingerprint density at radius 3 is 2.61 bits per heavy atom. The van der Waals surface area contributed by atoms with Crippen molar-refractivity contribution >= 4 is 23.7 Å². The summed E-state index contributed by atoms with van der Waals surface area (Å²) in [6.07, 6.45) is 5.54. The fourth-order valence-electron chi connectivity index (χ4n) is 3.95. The van der Waals surface area contributed by atoms with Crippen molar-refractivity contribution < 1.29 is 29.4 Å². The third-order valence-electron chi connectivity index (χ3n) is 5.61. The molecule has 4 atom stereocenters. The molecule has 0 aromatic carbocycles. The number of carbonyl (C=O) groups excluding carboxylic acids is 3. The number of carbonyl (C=O) groups is 4. The number of likely N-dealkylation sites (tertiary alicyclic amines) is 1. The van der Waals surface area contributed by atoms with Gasteiger partial charge >= 0.3 is 5.97 Å². The Balaban J connectivity index is 1.59. The number of H-pyrrole nitrogens is 1. The lowest BCUT2D eigenvalue weighted by Gasteiger charge is -2.28. The summed E-state index contributed by atoms with van der Waals surface area (Å²) in [6, 6.07) is -3.63. The Morgan fingerprint density at radius 2 is 2.00 bits per heavy atom. The van der Waals surface area contributed by atoms with Crippen molar-refractivity contribution in [1.29, 1.82) is 0 Å². The summed E-state index contributed by atoms with van der Waals surface area (Å²) in [6.45, 7) is 0.506. The number of nitrogens with zero attached hydrogens (tertiary/aromatic N) is 2. The number of amides is 3. The highest BCUT2D eigenvalue weighted by Crippen LogP contribution is 2.21. The molecule has 4 unspecified atom stereocenters. The molecule has 2 fully saturated rings. The molecule has 31 heavy (non-hydrogen) atoms. The Labute approximate surface area is 178 Å². The van der Waals surface area contributed by atoms with E-state index in [0.29, 0.717) is 25.1 Å². The van der Waals surface area contributed by atoms with Gasteiger partial charge in [-0.15, -0.1) is 0 Å². The summed E-state index contributed by atoms with van der Waals surface area (Å²) in [4.78, 5) is 57.6. The van der Waals surface area contributed by atoms with Gasteiger partial charge in [-0.25, -0.2) is 9.78 Å². The van der Waals surface area contributed by atoms with Gasteiger partial charge in [-0.05, 0) is 32.2 Å². The van der Waals surface area contributed by atoms with Gasteiger partial charge in [-0.3, -0.25) is 14.4 Å². The summed E-state index contributed by atoms with van der Waals surface area (Å²) in [5.74, 6) is -2.76. The third kappa shape index (κ3) is 5.58. The Kier molecular flexibility index (Phi) is 7.58. The van der Waals surface area contributed by atoms with Crippen LogP contribution in [0.1, 0.15) is 31.4 Å². The van der Waals surface area contributed by atoms with Crippen LogP contribution in [-0.4, -0.2) is 92.6 Å². The number of aliphatic carboxylic acids is 1. The second-order valence-corrected chi connectivity index (χ2v) is 7.76. The van der Waals surface area contributed by atoms with Gasteiger partial charge in [0.2, 0.25) is 17.7 Å². The maximum atomic E-state index is 12.8. The number of rotatable bonds is 9.